The highest BCUT2D eigenvalue weighted by Gasteiger charge is 2.22. The third kappa shape index (κ3) is 2.38. The molecule has 0 bridgehead atoms. The number of aromatic nitrogens is 4. The highest BCUT2D eigenvalue weighted by atomic mass is 15.2. The molecule has 0 spiro atoms. The number of H-pyrrole nitrogens is 1. The molecule has 1 fully saturated rings. The van der Waals surface area contributed by atoms with E-state index < -0.39 is 0 Å². The minimum atomic E-state index is 0.483. The fourth-order valence-corrected chi connectivity index (χ4v) is 3.59. The Kier molecular flexibility index (Phi) is 3.59. The first-order valence-electron chi connectivity index (χ1n) is 8.47. The molecule has 0 aromatic carbocycles. The quantitative estimate of drug-likeness (QED) is 0.756. The van der Waals surface area contributed by atoms with Crippen LogP contribution in [0.15, 0.2) is 24.5 Å². The molecule has 1 unspecified atom stereocenters. The lowest BCUT2D eigenvalue weighted by Gasteiger charge is -2.34. The van der Waals surface area contributed by atoms with Crippen LogP contribution in [0.1, 0.15) is 31.7 Å². The van der Waals surface area contributed by atoms with Crippen LogP contribution in [0.25, 0.3) is 22.3 Å². The molecule has 124 valence electrons. The molecular weight excluding hydrogens is 300 g/mol. The van der Waals surface area contributed by atoms with Crippen molar-refractivity contribution in [1.29, 1.82) is 0 Å². The number of anilines is 2. The van der Waals surface area contributed by atoms with Crippen LogP contribution in [-0.4, -0.2) is 32.8 Å². The Morgan fingerprint density at radius 3 is 2.96 bits per heavy atom. The fraction of sp³-hybridized carbons (Fsp3) is 0.389. The summed E-state index contributed by atoms with van der Waals surface area (Å²) in [5.74, 6) is 0.945. The molecule has 0 aliphatic carbocycles. The number of aromatic amines is 1. The van der Waals surface area contributed by atoms with Crippen LogP contribution in [0.2, 0.25) is 0 Å². The third-order valence-corrected chi connectivity index (χ3v) is 4.90. The molecule has 4 rings (SSSR count). The standard InChI is InChI=1S/C18H22N6/c1-11-10-20-17(14-6-7-21-23-14)18-16(11)13(19)9-15(22-18)24-8-4-3-5-12(24)2/h6-7,9-10,12H,3-5,8H2,1-2H3,(H2,19,22)(H,21,23). The first kappa shape index (κ1) is 14.9. The van der Waals surface area contributed by atoms with Crippen molar-refractivity contribution < 1.29 is 0 Å². The molecular formula is C18H22N6. The molecule has 4 heterocycles. The summed E-state index contributed by atoms with van der Waals surface area (Å²) in [4.78, 5) is 11.9. The lowest BCUT2D eigenvalue weighted by atomic mass is 10.0. The van der Waals surface area contributed by atoms with Gasteiger partial charge in [-0.3, -0.25) is 10.1 Å². The predicted molar refractivity (Wildman–Crippen MR) is 96.9 cm³/mol. The molecule has 1 aliphatic rings. The zero-order chi connectivity index (χ0) is 16.7. The van der Waals surface area contributed by atoms with Gasteiger partial charge in [0.2, 0.25) is 0 Å². The highest BCUT2D eigenvalue weighted by molar-refractivity contribution is 6.00. The average molecular weight is 322 g/mol. The molecule has 6 nitrogen and oxygen atoms in total. The number of aryl methyl sites for hydroxylation is 1. The Labute approximate surface area is 141 Å². The molecule has 1 aliphatic heterocycles. The summed E-state index contributed by atoms with van der Waals surface area (Å²) >= 11 is 0. The predicted octanol–water partition coefficient (Wildman–Crippen LogP) is 3.29. The maximum absolute atomic E-state index is 6.41. The van der Waals surface area contributed by atoms with E-state index in [0.29, 0.717) is 6.04 Å². The van der Waals surface area contributed by atoms with E-state index in [4.69, 9.17) is 10.7 Å². The Hall–Kier alpha value is -2.63. The lowest BCUT2D eigenvalue weighted by molar-refractivity contribution is 0.482. The van der Waals surface area contributed by atoms with Crippen molar-refractivity contribution in [2.24, 2.45) is 0 Å². The first-order valence-corrected chi connectivity index (χ1v) is 8.47. The highest BCUT2D eigenvalue weighted by Crippen LogP contribution is 2.34. The Bertz CT molecular complexity index is 871. The van der Waals surface area contributed by atoms with Crippen molar-refractivity contribution in [2.75, 3.05) is 17.2 Å². The van der Waals surface area contributed by atoms with Crippen molar-refractivity contribution in [3.05, 3.63) is 30.1 Å². The number of piperidine rings is 1. The van der Waals surface area contributed by atoms with E-state index in [9.17, 15) is 0 Å². The minimum Gasteiger partial charge on any atom is -0.398 e. The summed E-state index contributed by atoms with van der Waals surface area (Å²) < 4.78 is 0. The summed E-state index contributed by atoms with van der Waals surface area (Å²) in [7, 11) is 0. The van der Waals surface area contributed by atoms with Crippen molar-refractivity contribution in [1.82, 2.24) is 20.2 Å². The van der Waals surface area contributed by atoms with Gasteiger partial charge in [0.05, 0.1) is 5.69 Å². The van der Waals surface area contributed by atoms with Crippen molar-refractivity contribution >= 4 is 22.4 Å². The van der Waals surface area contributed by atoms with E-state index in [1.54, 1.807) is 6.20 Å². The van der Waals surface area contributed by atoms with E-state index in [-0.39, 0.29) is 0 Å². The second kappa shape index (κ2) is 5.78. The number of nitrogens with zero attached hydrogens (tertiary/aromatic N) is 4. The summed E-state index contributed by atoms with van der Waals surface area (Å²) in [6, 6.07) is 4.40. The van der Waals surface area contributed by atoms with Crippen LogP contribution in [-0.2, 0) is 0 Å². The summed E-state index contributed by atoms with van der Waals surface area (Å²) in [5, 5.41) is 8.00. The fourth-order valence-electron chi connectivity index (χ4n) is 3.59. The molecule has 24 heavy (non-hydrogen) atoms. The van der Waals surface area contributed by atoms with Gasteiger partial charge in [-0.1, -0.05) is 0 Å². The van der Waals surface area contributed by atoms with Gasteiger partial charge in [-0.05, 0) is 44.7 Å². The van der Waals surface area contributed by atoms with E-state index in [1.807, 2.05) is 25.3 Å². The number of nitrogens with one attached hydrogen (secondary N) is 1. The number of fused-ring (bicyclic) bond motifs is 1. The number of hydrogen-bond acceptors (Lipinski definition) is 5. The molecule has 0 saturated carbocycles. The van der Waals surface area contributed by atoms with Gasteiger partial charge < -0.3 is 10.6 Å². The number of nitrogens with two attached hydrogens (primary N) is 1. The molecule has 1 saturated heterocycles. The van der Waals surface area contributed by atoms with Gasteiger partial charge in [0.25, 0.3) is 0 Å². The van der Waals surface area contributed by atoms with Gasteiger partial charge in [-0.2, -0.15) is 5.10 Å². The number of pyridine rings is 2. The largest absolute Gasteiger partial charge is 0.398 e. The smallest absolute Gasteiger partial charge is 0.131 e. The average Bonchev–Trinajstić information content (AvgIpc) is 3.09. The van der Waals surface area contributed by atoms with Crippen LogP contribution in [0.4, 0.5) is 11.5 Å². The molecule has 3 N–H and O–H groups in total. The van der Waals surface area contributed by atoms with E-state index in [2.05, 4.69) is 27.0 Å². The summed E-state index contributed by atoms with van der Waals surface area (Å²) in [6.45, 7) is 5.30. The van der Waals surface area contributed by atoms with E-state index >= 15 is 0 Å². The zero-order valence-electron chi connectivity index (χ0n) is 14.1. The maximum atomic E-state index is 6.41. The molecule has 3 aromatic heterocycles. The van der Waals surface area contributed by atoms with Crippen LogP contribution in [0.5, 0.6) is 0 Å². The van der Waals surface area contributed by atoms with Crippen LogP contribution in [0, 0.1) is 6.92 Å². The third-order valence-electron chi connectivity index (χ3n) is 4.90. The SMILES string of the molecule is Cc1cnc(-c2ccn[nH]2)c2nc(N3CCCCC3C)cc(N)c12. The molecule has 1 atom stereocenters. The zero-order valence-corrected chi connectivity index (χ0v) is 14.1. The number of nitrogen functional groups attached to an aromatic ring is 1. The van der Waals surface area contributed by atoms with Crippen molar-refractivity contribution in [2.45, 2.75) is 39.2 Å². The van der Waals surface area contributed by atoms with Crippen LogP contribution in [0.3, 0.4) is 0 Å². The van der Waals surface area contributed by atoms with Crippen LogP contribution >= 0.6 is 0 Å². The molecule has 3 aromatic rings. The maximum Gasteiger partial charge on any atom is 0.131 e. The van der Waals surface area contributed by atoms with E-state index in [0.717, 1.165) is 45.9 Å². The van der Waals surface area contributed by atoms with Gasteiger partial charge >= 0.3 is 0 Å². The van der Waals surface area contributed by atoms with Crippen LogP contribution < -0.4 is 10.6 Å². The topological polar surface area (TPSA) is 83.7 Å². The van der Waals surface area contributed by atoms with Gasteiger partial charge in [0.1, 0.15) is 17.0 Å². The first-order chi connectivity index (χ1) is 11.6. The van der Waals surface area contributed by atoms with Gasteiger partial charge in [-0.15, -0.1) is 0 Å². The molecule has 6 heteroatoms. The molecule has 0 amide bonds. The van der Waals surface area contributed by atoms with Gasteiger partial charge in [0.15, 0.2) is 0 Å². The number of hydrogen-bond donors (Lipinski definition) is 2. The Balaban J connectivity index is 1.94. The second-order valence-corrected chi connectivity index (χ2v) is 6.59. The number of rotatable bonds is 2. The minimum absolute atomic E-state index is 0.483. The Morgan fingerprint density at radius 1 is 1.33 bits per heavy atom. The summed E-state index contributed by atoms with van der Waals surface area (Å²) in [6.07, 6.45) is 7.24. The normalized spacial score (nSPS) is 18.2. The second-order valence-electron chi connectivity index (χ2n) is 6.59. The van der Waals surface area contributed by atoms with Crippen molar-refractivity contribution in [3.63, 3.8) is 0 Å². The lowest BCUT2D eigenvalue weighted by Crippen LogP contribution is -2.38. The van der Waals surface area contributed by atoms with Gasteiger partial charge in [-0.25, -0.2) is 4.98 Å². The molecule has 0 radical (unpaired) electrons. The van der Waals surface area contributed by atoms with Gasteiger partial charge in [0, 0.05) is 42.1 Å². The van der Waals surface area contributed by atoms with E-state index in [1.165, 1.54) is 19.3 Å². The Morgan fingerprint density at radius 2 is 2.21 bits per heavy atom. The van der Waals surface area contributed by atoms with Crippen molar-refractivity contribution in [3.8, 4) is 11.4 Å². The summed E-state index contributed by atoms with van der Waals surface area (Å²) in [5.41, 5.74) is 10.7. The monoisotopic (exact) mass is 322 g/mol.